The quantitative estimate of drug-likeness (QED) is 0.545. The Morgan fingerprint density at radius 3 is 2.67 bits per heavy atom. The summed E-state index contributed by atoms with van der Waals surface area (Å²) in [6, 6.07) is 1.30. The Morgan fingerprint density at radius 2 is 2.07 bits per heavy atom. The van der Waals surface area contributed by atoms with Crippen molar-refractivity contribution in [1.29, 1.82) is 0 Å². The van der Waals surface area contributed by atoms with Crippen LogP contribution in [-0.4, -0.2) is 27.6 Å². The lowest BCUT2D eigenvalue weighted by Gasteiger charge is -2.31. The van der Waals surface area contributed by atoms with Crippen molar-refractivity contribution < 1.29 is 9.16 Å². The average Bonchev–Trinajstić information content (AvgIpc) is 2.94. The summed E-state index contributed by atoms with van der Waals surface area (Å²) in [6.45, 7) is 7.05. The third kappa shape index (κ3) is 2.83. The van der Waals surface area contributed by atoms with E-state index in [9.17, 15) is 0 Å². The van der Waals surface area contributed by atoms with Crippen LogP contribution in [0.25, 0.3) is 0 Å². The van der Waals surface area contributed by atoms with Crippen LogP contribution in [0.2, 0.25) is 19.1 Å². The molecule has 2 rings (SSSR count). The zero-order chi connectivity index (χ0) is 11.1. The Morgan fingerprint density at radius 1 is 1.33 bits per heavy atom. The highest BCUT2D eigenvalue weighted by atomic mass is 28.4. The highest BCUT2D eigenvalue weighted by Crippen LogP contribution is 2.43. The van der Waals surface area contributed by atoms with Gasteiger partial charge >= 0.3 is 0 Å². The van der Waals surface area contributed by atoms with Gasteiger partial charge in [-0.1, -0.05) is 6.92 Å². The van der Waals surface area contributed by atoms with Gasteiger partial charge in [-0.15, -0.1) is 0 Å². The minimum atomic E-state index is -1.37. The number of fused-ring (bicyclic) bond motifs is 1. The molecule has 1 aliphatic carbocycles. The number of rotatable bonds is 4. The molecule has 88 valence electrons. The van der Waals surface area contributed by atoms with Gasteiger partial charge in [0.15, 0.2) is 8.32 Å². The normalized spacial score (nSPS) is 37.2. The van der Waals surface area contributed by atoms with Crippen molar-refractivity contribution in [2.24, 2.45) is 11.8 Å². The van der Waals surface area contributed by atoms with E-state index in [2.05, 4.69) is 20.0 Å². The van der Waals surface area contributed by atoms with Gasteiger partial charge in [0.25, 0.3) is 0 Å². The van der Waals surface area contributed by atoms with Crippen LogP contribution >= 0.6 is 0 Å². The molecule has 0 amide bonds. The summed E-state index contributed by atoms with van der Waals surface area (Å²) < 4.78 is 11.2. The van der Waals surface area contributed by atoms with Gasteiger partial charge in [-0.3, -0.25) is 0 Å². The maximum Gasteiger partial charge on any atom is 0.186 e. The predicted molar refractivity (Wildman–Crippen MR) is 64.5 cm³/mol. The Kier molecular flexibility index (Phi) is 3.24. The average molecular weight is 228 g/mol. The van der Waals surface area contributed by atoms with Gasteiger partial charge in [-0.2, -0.15) is 0 Å². The molecule has 3 heteroatoms. The molecule has 4 atom stereocenters. The van der Waals surface area contributed by atoms with Gasteiger partial charge in [-0.05, 0) is 50.2 Å². The Hall–Kier alpha value is 0.137. The molecule has 2 nitrogen and oxygen atoms in total. The zero-order valence-electron chi connectivity index (χ0n) is 10.5. The molecule has 0 aromatic carbocycles. The second-order valence-corrected chi connectivity index (χ2v) is 10.3. The van der Waals surface area contributed by atoms with Gasteiger partial charge in [0, 0.05) is 7.11 Å². The van der Waals surface area contributed by atoms with E-state index in [-0.39, 0.29) is 0 Å². The molecule has 15 heavy (non-hydrogen) atoms. The van der Waals surface area contributed by atoms with E-state index in [1.165, 1.54) is 25.3 Å². The first kappa shape index (κ1) is 11.6. The summed E-state index contributed by atoms with van der Waals surface area (Å²) in [4.78, 5) is 0. The number of hydrogen-bond donors (Lipinski definition) is 0. The standard InChI is InChI=1S/C12H24O2Si/c1-9(8-15(3,4)13-2)10-5-6-11-12(7-10)14-11/h9-12H,5-8H2,1-4H3. The van der Waals surface area contributed by atoms with Crippen LogP contribution in [0.5, 0.6) is 0 Å². The minimum Gasteiger partial charge on any atom is -0.420 e. The van der Waals surface area contributed by atoms with Crippen molar-refractivity contribution in [1.82, 2.24) is 0 Å². The topological polar surface area (TPSA) is 21.8 Å². The molecule has 0 bridgehead atoms. The molecular weight excluding hydrogens is 204 g/mol. The first-order valence-electron chi connectivity index (χ1n) is 6.22. The molecule has 0 spiro atoms. The third-order valence-electron chi connectivity index (χ3n) is 4.22. The number of hydrogen-bond acceptors (Lipinski definition) is 2. The second-order valence-electron chi connectivity index (χ2n) is 5.93. The van der Waals surface area contributed by atoms with Crippen molar-refractivity contribution in [3.05, 3.63) is 0 Å². The third-order valence-corrected chi connectivity index (χ3v) is 6.95. The summed E-state index contributed by atoms with van der Waals surface area (Å²) in [6.07, 6.45) is 5.24. The highest BCUT2D eigenvalue weighted by Gasteiger charge is 2.45. The summed E-state index contributed by atoms with van der Waals surface area (Å²) in [7, 11) is 0.501. The van der Waals surface area contributed by atoms with Crippen LogP contribution in [0.3, 0.4) is 0 Å². The zero-order valence-corrected chi connectivity index (χ0v) is 11.5. The van der Waals surface area contributed by atoms with E-state index < -0.39 is 8.32 Å². The van der Waals surface area contributed by atoms with E-state index in [0.29, 0.717) is 12.2 Å². The van der Waals surface area contributed by atoms with Crippen molar-refractivity contribution in [3.63, 3.8) is 0 Å². The van der Waals surface area contributed by atoms with Crippen molar-refractivity contribution in [3.8, 4) is 0 Å². The van der Waals surface area contributed by atoms with Crippen LogP contribution in [0, 0.1) is 11.8 Å². The highest BCUT2D eigenvalue weighted by molar-refractivity contribution is 6.71. The van der Waals surface area contributed by atoms with Crippen molar-refractivity contribution >= 4 is 8.32 Å². The first-order chi connectivity index (χ1) is 7.02. The molecule has 2 fully saturated rings. The lowest BCUT2D eigenvalue weighted by molar-refractivity contribution is 0.284. The Balaban J connectivity index is 1.82. The Labute approximate surface area is 94.5 Å². The molecule has 1 saturated carbocycles. The summed E-state index contributed by atoms with van der Waals surface area (Å²) in [5.74, 6) is 1.70. The van der Waals surface area contributed by atoms with E-state index in [4.69, 9.17) is 9.16 Å². The SMILES string of the molecule is CO[Si](C)(C)CC(C)C1CCC2OC2C1. The molecule has 1 heterocycles. The van der Waals surface area contributed by atoms with Crippen molar-refractivity contribution in [2.75, 3.05) is 7.11 Å². The van der Waals surface area contributed by atoms with E-state index >= 15 is 0 Å². The monoisotopic (exact) mass is 228 g/mol. The molecule has 0 N–H and O–H groups in total. The van der Waals surface area contributed by atoms with Crippen LogP contribution in [-0.2, 0) is 9.16 Å². The fourth-order valence-electron chi connectivity index (χ4n) is 2.98. The summed E-state index contributed by atoms with van der Waals surface area (Å²) in [5, 5.41) is 0. The second kappa shape index (κ2) is 4.19. The number of epoxide rings is 1. The number of ether oxygens (including phenoxy) is 1. The van der Waals surface area contributed by atoms with E-state index in [0.717, 1.165) is 11.8 Å². The fraction of sp³-hybridized carbons (Fsp3) is 1.00. The van der Waals surface area contributed by atoms with Crippen LogP contribution in [0.15, 0.2) is 0 Å². The molecular formula is C12H24O2Si. The fourth-order valence-corrected chi connectivity index (χ4v) is 5.03. The van der Waals surface area contributed by atoms with E-state index in [1.807, 2.05) is 7.11 Å². The van der Waals surface area contributed by atoms with Gasteiger partial charge in [0.1, 0.15) is 0 Å². The van der Waals surface area contributed by atoms with Crippen LogP contribution < -0.4 is 0 Å². The van der Waals surface area contributed by atoms with Crippen molar-refractivity contribution in [2.45, 2.75) is 57.5 Å². The molecule has 0 radical (unpaired) electrons. The molecule has 1 saturated heterocycles. The van der Waals surface area contributed by atoms with E-state index in [1.54, 1.807) is 0 Å². The smallest absolute Gasteiger partial charge is 0.186 e. The maximum absolute atomic E-state index is 5.64. The molecule has 2 aliphatic rings. The van der Waals surface area contributed by atoms with Gasteiger partial charge < -0.3 is 9.16 Å². The molecule has 4 unspecified atom stereocenters. The summed E-state index contributed by atoms with van der Waals surface area (Å²) in [5.41, 5.74) is 0. The first-order valence-corrected chi connectivity index (χ1v) is 9.34. The predicted octanol–water partition coefficient (Wildman–Crippen LogP) is 3.04. The molecule has 0 aromatic heterocycles. The van der Waals surface area contributed by atoms with Crippen LogP contribution in [0.1, 0.15) is 26.2 Å². The minimum absolute atomic E-state index is 0.624. The summed E-state index contributed by atoms with van der Waals surface area (Å²) >= 11 is 0. The lowest BCUT2D eigenvalue weighted by atomic mass is 9.82. The largest absolute Gasteiger partial charge is 0.420 e. The Bertz CT molecular complexity index is 230. The van der Waals surface area contributed by atoms with Gasteiger partial charge in [-0.25, -0.2) is 0 Å². The maximum atomic E-state index is 5.64. The van der Waals surface area contributed by atoms with Gasteiger partial charge in [0.05, 0.1) is 12.2 Å². The molecule has 0 aromatic rings. The lowest BCUT2D eigenvalue weighted by Crippen LogP contribution is -2.33. The van der Waals surface area contributed by atoms with Gasteiger partial charge in [0.2, 0.25) is 0 Å². The molecule has 1 aliphatic heterocycles. The van der Waals surface area contributed by atoms with Crippen LogP contribution in [0.4, 0.5) is 0 Å².